The molecule has 1 saturated heterocycles. The number of hydrogen-bond acceptors (Lipinski definition) is 3. The number of amides is 2. The van der Waals surface area contributed by atoms with Crippen LogP contribution in [0.4, 0.5) is 4.39 Å². The zero-order valence-corrected chi connectivity index (χ0v) is 13.9. The third-order valence-corrected chi connectivity index (χ3v) is 4.21. The molecule has 0 atom stereocenters. The lowest BCUT2D eigenvalue weighted by molar-refractivity contribution is -0.127. The van der Waals surface area contributed by atoms with Gasteiger partial charge in [0, 0.05) is 37.8 Å². The van der Waals surface area contributed by atoms with Crippen molar-refractivity contribution in [2.75, 3.05) is 19.6 Å². The van der Waals surface area contributed by atoms with Crippen LogP contribution in [0.1, 0.15) is 29.6 Å². The molecule has 1 aliphatic rings. The Morgan fingerprint density at radius 2 is 2.16 bits per heavy atom. The van der Waals surface area contributed by atoms with Gasteiger partial charge >= 0.3 is 0 Å². The average Bonchev–Trinajstić information content (AvgIpc) is 3.04. The minimum Gasteiger partial charge on any atom is -0.352 e. The van der Waals surface area contributed by atoms with Crippen molar-refractivity contribution in [3.05, 3.63) is 54.0 Å². The Hall–Kier alpha value is -2.76. The molecule has 1 aliphatic heterocycles. The summed E-state index contributed by atoms with van der Waals surface area (Å²) < 4.78 is 13.3. The van der Waals surface area contributed by atoms with E-state index in [2.05, 4.69) is 10.3 Å². The predicted molar refractivity (Wildman–Crippen MR) is 92.4 cm³/mol. The number of benzene rings is 1. The van der Waals surface area contributed by atoms with E-state index in [4.69, 9.17) is 0 Å². The molecule has 0 unspecified atom stereocenters. The Morgan fingerprint density at radius 3 is 2.84 bits per heavy atom. The fourth-order valence-electron chi connectivity index (χ4n) is 2.86. The molecule has 5 nitrogen and oxygen atoms in total. The summed E-state index contributed by atoms with van der Waals surface area (Å²) in [6.45, 7) is 2.00. The zero-order valence-electron chi connectivity index (χ0n) is 13.9. The van der Waals surface area contributed by atoms with Crippen molar-refractivity contribution < 1.29 is 14.0 Å². The van der Waals surface area contributed by atoms with Gasteiger partial charge in [-0.1, -0.05) is 12.1 Å². The van der Waals surface area contributed by atoms with Crippen LogP contribution in [0.5, 0.6) is 0 Å². The van der Waals surface area contributed by atoms with Gasteiger partial charge in [0.1, 0.15) is 5.82 Å². The van der Waals surface area contributed by atoms with E-state index in [1.807, 2.05) is 4.90 Å². The summed E-state index contributed by atoms with van der Waals surface area (Å²) in [7, 11) is 0. The zero-order chi connectivity index (χ0) is 17.6. The highest BCUT2D eigenvalue weighted by Crippen LogP contribution is 2.18. The molecule has 130 valence electrons. The summed E-state index contributed by atoms with van der Waals surface area (Å²) >= 11 is 0. The largest absolute Gasteiger partial charge is 0.352 e. The third-order valence-electron chi connectivity index (χ3n) is 4.21. The first-order valence-corrected chi connectivity index (χ1v) is 8.41. The smallest absolute Gasteiger partial charge is 0.252 e. The maximum Gasteiger partial charge on any atom is 0.252 e. The van der Waals surface area contributed by atoms with Crippen LogP contribution >= 0.6 is 0 Å². The average molecular weight is 341 g/mol. The van der Waals surface area contributed by atoms with E-state index in [0.29, 0.717) is 36.3 Å². The molecule has 0 bridgehead atoms. The summed E-state index contributed by atoms with van der Waals surface area (Å²) in [5, 5.41) is 2.83. The molecule has 0 radical (unpaired) electrons. The van der Waals surface area contributed by atoms with E-state index in [-0.39, 0.29) is 17.6 Å². The molecule has 25 heavy (non-hydrogen) atoms. The lowest BCUT2D eigenvalue weighted by Crippen LogP contribution is -2.30. The van der Waals surface area contributed by atoms with Gasteiger partial charge in [-0.15, -0.1) is 0 Å². The van der Waals surface area contributed by atoms with Crippen LogP contribution in [-0.2, 0) is 4.79 Å². The number of likely N-dealkylation sites (tertiary alicyclic amines) is 1. The molecule has 2 heterocycles. The van der Waals surface area contributed by atoms with Crippen molar-refractivity contribution in [1.82, 2.24) is 15.2 Å². The molecule has 0 aliphatic carbocycles. The number of halogens is 1. The van der Waals surface area contributed by atoms with Crippen molar-refractivity contribution in [2.24, 2.45) is 0 Å². The topological polar surface area (TPSA) is 62.3 Å². The van der Waals surface area contributed by atoms with Gasteiger partial charge in [-0.3, -0.25) is 14.6 Å². The lowest BCUT2D eigenvalue weighted by Gasteiger charge is -2.15. The second kappa shape index (κ2) is 7.88. The number of carbonyl (C=O) groups excluding carboxylic acids is 2. The van der Waals surface area contributed by atoms with Crippen LogP contribution in [0.2, 0.25) is 0 Å². The van der Waals surface area contributed by atoms with E-state index in [1.165, 1.54) is 18.3 Å². The van der Waals surface area contributed by atoms with Crippen LogP contribution in [0.25, 0.3) is 11.3 Å². The molecule has 1 N–H and O–H groups in total. The van der Waals surface area contributed by atoms with Crippen molar-refractivity contribution in [3.8, 4) is 11.3 Å². The molecule has 1 fully saturated rings. The molecule has 2 amide bonds. The first kappa shape index (κ1) is 17.1. The summed E-state index contributed by atoms with van der Waals surface area (Å²) in [5.41, 5.74) is 1.74. The molecule has 2 aromatic rings. The first-order chi connectivity index (χ1) is 12.1. The highest BCUT2D eigenvalue weighted by Gasteiger charge is 2.19. The fourth-order valence-corrected chi connectivity index (χ4v) is 2.86. The number of carbonyl (C=O) groups is 2. The SMILES string of the molecule is O=C(NCCCN1CCCC1=O)c1ccc(-c2cccc(F)c2)nc1. The van der Waals surface area contributed by atoms with Gasteiger partial charge in [-0.2, -0.15) is 0 Å². The van der Waals surface area contributed by atoms with Crippen LogP contribution < -0.4 is 5.32 Å². The molecule has 3 rings (SSSR count). The molecule has 1 aromatic heterocycles. The first-order valence-electron chi connectivity index (χ1n) is 8.41. The van der Waals surface area contributed by atoms with Crippen LogP contribution in [0, 0.1) is 5.82 Å². The maximum atomic E-state index is 13.3. The van der Waals surface area contributed by atoms with Crippen LogP contribution in [0.15, 0.2) is 42.6 Å². The Bertz CT molecular complexity index is 762. The van der Waals surface area contributed by atoms with Gasteiger partial charge < -0.3 is 10.2 Å². The molecule has 0 saturated carbocycles. The highest BCUT2D eigenvalue weighted by atomic mass is 19.1. The molecule has 6 heteroatoms. The number of nitrogens with one attached hydrogen (secondary N) is 1. The van der Waals surface area contributed by atoms with Gasteiger partial charge in [-0.25, -0.2) is 4.39 Å². The van der Waals surface area contributed by atoms with Gasteiger partial charge in [0.25, 0.3) is 5.91 Å². The molecule has 0 spiro atoms. The standard InChI is InChI=1S/C19H20FN3O2/c20-16-5-1-4-14(12-16)17-8-7-15(13-22-17)19(25)21-9-3-11-23-10-2-6-18(23)24/h1,4-5,7-8,12-13H,2-3,6,9-11H2,(H,21,25). The van der Waals surface area contributed by atoms with Crippen LogP contribution in [0.3, 0.4) is 0 Å². The summed E-state index contributed by atoms with van der Waals surface area (Å²) in [4.78, 5) is 29.7. The van der Waals surface area contributed by atoms with Crippen molar-refractivity contribution >= 4 is 11.8 Å². The van der Waals surface area contributed by atoms with E-state index in [1.54, 1.807) is 24.3 Å². The maximum absolute atomic E-state index is 13.3. The number of nitrogens with zero attached hydrogens (tertiary/aromatic N) is 2. The molecular formula is C19H20FN3O2. The summed E-state index contributed by atoms with van der Waals surface area (Å²) in [6, 6.07) is 9.55. The van der Waals surface area contributed by atoms with E-state index in [9.17, 15) is 14.0 Å². The Morgan fingerprint density at radius 1 is 1.28 bits per heavy atom. The fraction of sp³-hybridized carbons (Fsp3) is 0.316. The third kappa shape index (κ3) is 4.41. The van der Waals surface area contributed by atoms with Gasteiger partial charge in [0.15, 0.2) is 0 Å². The molecule has 1 aromatic carbocycles. The minimum absolute atomic E-state index is 0.198. The summed E-state index contributed by atoms with van der Waals surface area (Å²) in [6.07, 6.45) is 3.77. The van der Waals surface area contributed by atoms with Gasteiger partial charge in [0.2, 0.25) is 5.91 Å². The highest BCUT2D eigenvalue weighted by molar-refractivity contribution is 5.94. The Kier molecular flexibility index (Phi) is 5.38. The molecular weight excluding hydrogens is 321 g/mol. The van der Waals surface area contributed by atoms with E-state index in [0.717, 1.165) is 19.4 Å². The van der Waals surface area contributed by atoms with Gasteiger partial charge in [0.05, 0.1) is 11.3 Å². The normalized spacial score (nSPS) is 14.0. The second-order valence-corrected chi connectivity index (χ2v) is 6.04. The van der Waals surface area contributed by atoms with Crippen LogP contribution in [-0.4, -0.2) is 41.3 Å². The Labute approximate surface area is 145 Å². The number of rotatable bonds is 6. The minimum atomic E-state index is -0.322. The predicted octanol–water partition coefficient (Wildman–Crippen LogP) is 2.63. The van der Waals surface area contributed by atoms with E-state index < -0.39 is 0 Å². The van der Waals surface area contributed by atoms with Crippen molar-refractivity contribution in [1.29, 1.82) is 0 Å². The summed E-state index contributed by atoms with van der Waals surface area (Å²) in [5.74, 6) is -0.327. The Balaban J connectivity index is 1.50. The van der Waals surface area contributed by atoms with Gasteiger partial charge in [-0.05, 0) is 37.1 Å². The quantitative estimate of drug-likeness (QED) is 0.822. The van der Waals surface area contributed by atoms with Crippen molar-refractivity contribution in [2.45, 2.75) is 19.3 Å². The number of aromatic nitrogens is 1. The monoisotopic (exact) mass is 341 g/mol. The second-order valence-electron chi connectivity index (χ2n) is 6.04. The van der Waals surface area contributed by atoms with Crippen molar-refractivity contribution in [3.63, 3.8) is 0 Å². The number of pyridine rings is 1. The lowest BCUT2D eigenvalue weighted by atomic mass is 10.1. The van der Waals surface area contributed by atoms with E-state index >= 15 is 0 Å². The number of hydrogen-bond donors (Lipinski definition) is 1.